The molecule has 1 radical (unpaired) electrons. The summed E-state index contributed by atoms with van der Waals surface area (Å²) in [7, 11) is 0. The van der Waals surface area contributed by atoms with Crippen LogP contribution in [0.2, 0.25) is 0 Å². The van der Waals surface area contributed by atoms with E-state index in [2.05, 4.69) is 0 Å². The number of rotatable bonds is 3. The molecule has 0 aliphatic carbocycles. The van der Waals surface area contributed by atoms with Gasteiger partial charge in [0.15, 0.2) is 0 Å². The Morgan fingerprint density at radius 1 is 1.46 bits per heavy atom. The van der Waals surface area contributed by atoms with Gasteiger partial charge in [-0.25, -0.2) is 4.39 Å². The van der Waals surface area contributed by atoms with Crippen LogP contribution in [0.25, 0.3) is 0 Å². The molecule has 0 saturated carbocycles. The van der Waals surface area contributed by atoms with Gasteiger partial charge in [-0.3, -0.25) is 4.79 Å². The number of benzene rings is 1. The van der Waals surface area contributed by atoms with E-state index in [1.807, 2.05) is 0 Å². The quantitative estimate of drug-likeness (QED) is 0.776. The highest BCUT2D eigenvalue weighted by atomic mass is 19.1. The molecule has 1 aromatic rings. The molecule has 1 aromatic carbocycles. The van der Waals surface area contributed by atoms with Crippen molar-refractivity contribution in [3.8, 4) is 0 Å². The van der Waals surface area contributed by atoms with Gasteiger partial charge in [0, 0.05) is 0 Å². The van der Waals surface area contributed by atoms with Gasteiger partial charge < -0.3 is 5.11 Å². The number of carboxylic acids is 1. The molecule has 0 aliphatic heterocycles. The molecule has 0 fully saturated rings. The van der Waals surface area contributed by atoms with Gasteiger partial charge >= 0.3 is 5.97 Å². The molecule has 69 valence electrons. The van der Waals surface area contributed by atoms with E-state index in [0.29, 0.717) is 5.56 Å². The molecule has 0 spiro atoms. The molecule has 1 rings (SSSR count). The molecule has 1 N–H and O–H groups in total. The normalized spacial score (nSPS) is 12.5. The van der Waals surface area contributed by atoms with Crippen LogP contribution < -0.4 is 0 Å². The van der Waals surface area contributed by atoms with Gasteiger partial charge in [-0.1, -0.05) is 19.1 Å². The molecular weight excluding hydrogens is 171 g/mol. The van der Waals surface area contributed by atoms with Crippen molar-refractivity contribution in [3.63, 3.8) is 0 Å². The summed E-state index contributed by atoms with van der Waals surface area (Å²) >= 11 is 0. The van der Waals surface area contributed by atoms with Crippen molar-refractivity contribution >= 4 is 5.97 Å². The first-order chi connectivity index (χ1) is 6.15. The Hall–Kier alpha value is -1.38. The molecule has 1 unspecified atom stereocenters. The maximum atomic E-state index is 12.5. The zero-order valence-corrected chi connectivity index (χ0v) is 7.20. The summed E-state index contributed by atoms with van der Waals surface area (Å²) in [4.78, 5) is 10.7. The third kappa shape index (κ3) is 2.28. The van der Waals surface area contributed by atoms with Gasteiger partial charge in [-0.2, -0.15) is 0 Å². The van der Waals surface area contributed by atoms with Crippen LogP contribution in [0.1, 0.15) is 18.4 Å². The smallest absolute Gasteiger partial charge is 0.311 e. The first-order valence-electron chi connectivity index (χ1n) is 3.93. The number of aliphatic carboxylic acids is 1. The Labute approximate surface area is 76.0 Å². The average Bonchev–Trinajstić information content (AvgIpc) is 2.09. The summed E-state index contributed by atoms with van der Waals surface area (Å²) in [6, 6.07) is 5.48. The molecule has 1 atom stereocenters. The third-order valence-electron chi connectivity index (χ3n) is 1.83. The van der Waals surface area contributed by atoms with Crippen LogP contribution in [0.15, 0.2) is 24.3 Å². The largest absolute Gasteiger partial charge is 0.481 e. The van der Waals surface area contributed by atoms with E-state index in [0.717, 1.165) is 0 Å². The van der Waals surface area contributed by atoms with E-state index in [-0.39, 0.29) is 5.82 Å². The number of carbonyl (C=O) groups is 1. The van der Waals surface area contributed by atoms with Crippen molar-refractivity contribution in [2.75, 3.05) is 0 Å². The summed E-state index contributed by atoms with van der Waals surface area (Å²) in [5, 5.41) is 8.77. The molecule has 0 saturated heterocycles. The first-order valence-corrected chi connectivity index (χ1v) is 3.93. The summed E-state index contributed by atoms with van der Waals surface area (Å²) in [6.07, 6.45) is 1.57. The van der Waals surface area contributed by atoms with Crippen LogP contribution in [-0.4, -0.2) is 11.1 Å². The fraction of sp³-hybridized carbons (Fsp3) is 0.200. The summed E-state index contributed by atoms with van der Waals surface area (Å²) in [5.41, 5.74) is 0.594. The van der Waals surface area contributed by atoms with Gasteiger partial charge in [0.05, 0.1) is 5.92 Å². The lowest BCUT2D eigenvalue weighted by molar-refractivity contribution is -0.137. The highest BCUT2D eigenvalue weighted by Crippen LogP contribution is 2.18. The van der Waals surface area contributed by atoms with E-state index < -0.39 is 11.9 Å². The van der Waals surface area contributed by atoms with Crippen molar-refractivity contribution in [1.82, 2.24) is 0 Å². The second kappa shape index (κ2) is 4.03. The molecule has 0 amide bonds. The maximum absolute atomic E-state index is 12.5. The minimum Gasteiger partial charge on any atom is -0.481 e. The molecule has 13 heavy (non-hydrogen) atoms. The molecule has 0 aromatic heterocycles. The predicted molar refractivity (Wildman–Crippen MR) is 46.8 cm³/mol. The standard InChI is InChI=1S/C10H10FO2/c1-2-9(10(12)13)7-3-5-8(11)6-4-7/h2-6,9H,1H3,(H,12,13). The summed E-state index contributed by atoms with van der Waals surface area (Å²) < 4.78 is 12.5. The van der Waals surface area contributed by atoms with Gasteiger partial charge in [-0.05, 0) is 24.1 Å². The monoisotopic (exact) mass is 181 g/mol. The lowest BCUT2D eigenvalue weighted by Crippen LogP contribution is -2.10. The number of halogens is 1. The molecule has 0 bridgehead atoms. The van der Waals surface area contributed by atoms with E-state index in [4.69, 9.17) is 5.11 Å². The minimum absolute atomic E-state index is 0.357. The fourth-order valence-electron chi connectivity index (χ4n) is 1.15. The van der Waals surface area contributed by atoms with E-state index in [1.54, 1.807) is 13.3 Å². The van der Waals surface area contributed by atoms with Crippen molar-refractivity contribution in [2.24, 2.45) is 0 Å². The van der Waals surface area contributed by atoms with Gasteiger partial charge in [-0.15, -0.1) is 0 Å². The van der Waals surface area contributed by atoms with Crippen molar-refractivity contribution in [1.29, 1.82) is 0 Å². The first kappa shape index (κ1) is 9.71. The topological polar surface area (TPSA) is 37.3 Å². The Balaban J connectivity index is 2.92. The molecule has 0 aliphatic rings. The Kier molecular flexibility index (Phi) is 3.01. The fourth-order valence-corrected chi connectivity index (χ4v) is 1.15. The second-order valence-corrected chi connectivity index (χ2v) is 2.70. The highest BCUT2D eigenvalue weighted by molar-refractivity contribution is 5.77. The number of carboxylic acid groups (broad SMARTS) is 1. The van der Waals surface area contributed by atoms with E-state index in [9.17, 15) is 9.18 Å². The van der Waals surface area contributed by atoms with E-state index in [1.165, 1.54) is 24.3 Å². The number of hydrogen-bond acceptors (Lipinski definition) is 1. The number of hydrogen-bond donors (Lipinski definition) is 1. The van der Waals surface area contributed by atoms with Gasteiger partial charge in [0.25, 0.3) is 0 Å². The minimum atomic E-state index is -0.922. The Morgan fingerprint density at radius 2 is 2.00 bits per heavy atom. The van der Waals surface area contributed by atoms with Crippen LogP contribution in [0.5, 0.6) is 0 Å². The Bertz CT molecular complexity index is 292. The maximum Gasteiger partial charge on any atom is 0.311 e. The second-order valence-electron chi connectivity index (χ2n) is 2.70. The summed E-state index contributed by atoms with van der Waals surface area (Å²) in [6.45, 7) is 1.67. The highest BCUT2D eigenvalue weighted by Gasteiger charge is 2.16. The SMILES string of the molecule is C[CH]C(C(=O)O)c1ccc(F)cc1. The average molecular weight is 181 g/mol. The zero-order chi connectivity index (χ0) is 9.84. The molecule has 3 heteroatoms. The van der Waals surface area contributed by atoms with Crippen molar-refractivity contribution in [3.05, 3.63) is 42.1 Å². The Morgan fingerprint density at radius 3 is 2.38 bits per heavy atom. The van der Waals surface area contributed by atoms with Crippen LogP contribution in [0.4, 0.5) is 4.39 Å². The van der Waals surface area contributed by atoms with Crippen LogP contribution in [0, 0.1) is 12.2 Å². The zero-order valence-electron chi connectivity index (χ0n) is 7.20. The summed E-state index contributed by atoms with van der Waals surface area (Å²) in [5.74, 6) is -1.93. The molecular formula is C10H10FO2. The lowest BCUT2D eigenvalue weighted by atomic mass is 9.97. The van der Waals surface area contributed by atoms with Crippen molar-refractivity contribution in [2.45, 2.75) is 12.8 Å². The van der Waals surface area contributed by atoms with Crippen LogP contribution >= 0.6 is 0 Å². The lowest BCUT2D eigenvalue weighted by Gasteiger charge is -2.08. The van der Waals surface area contributed by atoms with Crippen LogP contribution in [-0.2, 0) is 4.79 Å². The van der Waals surface area contributed by atoms with Crippen molar-refractivity contribution < 1.29 is 14.3 Å². The molecule has 2 nitrogen and oxygen atoms in total. The van der Waals surface area contributed by atoms with E-state index >= 15 is 0 Å². The van der Waals surface area contributed by atoms with Gasteiger partial charge in [0.1, 0.15) is 5.82 Å². The molecule has 0 heterocycles. The van der Waals surface area contributed by atoms with Crippen LogP contribution in [0.3, 0.4) is 0 Å². The third-order valence-corrected chi connectivity index (χ3v) is 1.83. The predicted octanol–water partition coefficient (Wildman–Crippen LogP) is 2.22. The van der Waals surface area contributed by atoms with Gasteiger partial charge in [0.2, 0.25) is 0 Å².